The average molecular weight is 310 g/mol. The van der Waals surface area contributed by atoms with Gasteiger partial charge < -0.3 is 15.1 Å². The molecule has 0 heterocycles. The third-order valence-corrected chi connectivity index (χ3v) is 0. The molecule has 0 aromatic heterocycles. The molecule has 0 aliphatic rings. The fraction of sp³-hybridized carbons (Fsp3) is 0. The molecule has 24 valence electrons. The van der Waals surface area contributed by atoms with E-state index in [2.05, 4.69) is 0 Å². The van der Waals surface area contributed by atoms with Gasteiger partial charge in [-0.1, -0.05) is 0 Å². The Morgan fingerprint density at radius 1 is 1.00 bits per heavy atom. The van der Waals surface area contributed by atoms with Crippen molar-refractivity contribution in [1.29, 1.82) is 0 Å². The maximum atomic E-state index is 8.42. The Morgan fingerprint density at radius 3 is 1.00 bits per heavy atom. The molecule has 0 spiro atoms. The zero-order valence-electron chi connectivity index (χ0n) is 3.09. The molecule has 0 radical (unpaired) electrons. The van der Waals surface area contributed by atoms with Gasteiger partial charge in [0, 0.05) is 0 Å². The summed E-state index contributed by atoms with van der Waals surface area (Å²) in [5, 5.41) is 25.2. The summed E-state index contributed by atoms with van der Waals surface area (Å²) in [5.41, 5.74) is 0. The van der Waals surface area contributed by atoms with Crippen molar-refractivity contribution in [2.45, 2.75) is 0 Å². The smallest absolute Gasteiger partial charge is 0.907 e. The Kier molecular flexibility index (Phi) is 26.5. The Balaban J connectivity index is -0.0000000450. The molecule has 0 aromatic carbocycles. The van der Waals surface area contributed by atoms with Gasteiger partial charge >= 0.3 is 62.9 Å². The third-order valence-electron chi connectivity index (χ3n) is 0. The Morgan fingerprint density at radius 2 is 1.00 bits per heavy atom. The van der Waals surface area contributed by atoms with Crippen molar-refractivity contribution in [3.05, 3.63) is 0 Å². The fourth-order valence-electron chi connectivity index (χ4n) is 0. The Bertz CT molecular complexity index is 15.5. The van der Waals surface area contributed by atoms with E-state index in [1.165, 1.54) is 0 Å². The first-order valence-corrected chi connectivity index (χ1v) is 0.707. The topological polar surface area (TPSA) is 69.2 Å². The molecule has 0 fully saturated rings. The number of rotatable bonds is 0. The molecule has 0 amide bonds. The van der Waals surface area contributed by atoms with Crippen LogP contribution in [-0.2, 0) is 27.3 Å². The van der Waals surface area contributed by atoms with Gasteiger partial charge in [-0.15, -0.1) is 0 Å². The van der Waals surface area contributed by atoms with Crippen molar-refractivity contribution in [2.24, 2.45) is 0 Å². The first-order valence-electron chi connectivity index (χ1n) is 0.707. The summed E-state index contributed by atoms with van der Waals surface area (Å²) in [5.74, 6) is 0. The second-order valence-electron chi connectivity index (χ2n) is 0.289. The summed E-state index contributed by atoms with van der Waals surface area (Å²) in [7, 11) is -2.92. The second kappa shape index (κ2) is 10.1. The molecule has 0 unspecified atom stereocenters. The third kappa shape index (κ3) is 36.5. The van der Waals surface area contributed by atoms with Gasteiger partial charge in [-0.25, -0.2) is 0 Å². The van der Waals surface area contributed by atoms with Crippen molar-refractivity contribution in [3.8, 4) is 0 Å². The van der Waals surface area contributed by atoms with Crippen LogP contribution in [0.4, 0.5) is 0 Å². The van der Waals surface area contributed by atoms with Gasteiger partial charge in [0.05, 0.1) is 0 Å². The standard InChI is InChI=1S/BO3.Cd.La/c2-1(3)4;;/q-3;+2;+3. The van der Waals surface area contributed by atoms with Crippen LogP contribution in [0, 0.1) is 35.6 Å². The maximum Gasteiger partial charge on any atom is 3.00 e. The van der Waals surface area contributed by atoms with Gasteiger partial charge in [0.1, 0.15) is 0 Å². The molecule has 0 saturated heterocycles. The second-order valence-corrected chi connectivity index (χ2v) is 0.289. The summed E-state index contributed by atoms with van der Waals surface area (Å²) in [6, 6.07) is 0. The van der Waals surface area contributed by atoms with E-state index in [9.17, 15) is 0 Å². The largest absolute Gasteiger partial charge is 3.00 e. The summed E-state index contributed by atoms with van der Waals surface area (Å²) < 4.78 is 0. The van der Waals surface area contributed by atoms with Crippen molar-refractivity contribution >= 4 is 7.32 Å². The molecule has 0 saturated carbocycles. The minimum Gasteiger partial charge on any atom is -0.907 e. The van der Waals surface area contributed by atoms with Crippen LogP contribution in [-0.4, -0.2) is 7.32 Å². The monoisotopic (exact) mass is 312 g/mol. The van der Waals surface area contributed by atoms with E-state index < -0.39 is 7.32 Å². The number of hydrogen-bond acceptors (Lipinski definition) is 3. The summed E-state index contributed by atoms with van der Waals surface area (Å²) in [6.07, 6.45) is 0. The molecular weight excluding hydrogens is 310 g/mol. The molecule has 0 aliphatic carbocycles. The molecule has 0 bridgehead atoms. The average Bonchev–Trinajstić information content (AvgIpc) is 0.811. The molecule has 0 aromatic rings. The van der Waals surface area contributed by atoms with E-state index in [0.717, 1.165) is 0 Å². The van der Waals surface area contributed by atoms with E-state index in [-0.39, 0.29) is 62.9 Å². The summed E-state index contributed by atoms with van der Waals surface area (Å²) in [4.78, 5) is 0. The minimum atomic E-state index is -2.92. The van der Waals surface area contributed by atoms with E-state index in [1.807, 2.05) is 0 Å². The molecule has 3 nitrogen and oxygen atoms in total. The van der Waals surface area contributed by atoms with Gasteiger partial charge in [-0.05, 0) is 0 Å². The summed E-state index contributed by atoms with van der Waals surface area (Å²) in [6.45, 7) is 0. The van der Waals surface area contributed by atoms with Crippen LogP contribution in [0.5, 0.6) is 0 Å². The van der Waals surface area contributed by atoms with Gasteiger partial charge in [0.25, 0.3) is 0 Å². The van der Waals surface area contributed by atoms with Crippen LogP contribution in [0.1, 0.15) is 0 Å². The van der Waals surface area contributed by atoms with E-state index in [4.69, 9.17) is 15.1 Å². The van der Waals surface area contributed by atoms with Gasteiger partial charge in [0.15, 0.2) is 0 Å². The minimum absolute atomic E-state index is 0. The van der Waals surface area contributed by atoms with Gasteiger partial charge in [0.2, 0.25) is 0 Å². The normalized spacial score (nSPS) is 4.50. The molecule has 0 rings (SSSR count). The molecule has 0 aliphatic heterocycles. The molecule has 0 N–H and O–H groups in total. The quantitative estimate of drug-likeness (QED) is 0.429. The van der Waals surface area contributed by atoms with Crippen molar-refractivity contribution in [2.75, 3.05) is 0 Å². The predicted molar refractivity (Wildman–Crippen MR) is 5.75 cm³/mol. The first-order chi connectivity index (χ1) is 1.73. The van der Waals surface area contributed by atoms with Crippen molar-refractivity contribution in [3.63, 3.8) is 0 Å². The predicted octanol–water partition coefficient (Wildman–Crippen LogP) is -3.95. The van der Waals surface area contributed by atoms with E-state index >= 15 is 0 Å². The Labute approximate surface area is 84.1 Å². The molecular formula is BCdLaO3+2. The van der Waals surface area contributed by atoms with Crippen LogP contribution in [0.25, 0.3) is 0 Å². The van der Waals surface area contributed by atoms with E-state index in [1.54, 1.807) is 0 Å². The van der Waals surface area contributed by atoms with Crippen LogP contribution >= 0.6 is 0 Å². The zero-order chi connectivity index (χ0) is 3.58. The van der Waals surface area contributed by atoms with Crippen LogP contribution in [0.3, 0.4) is 0 Å². The first kappa shape index (κ1) is 15.7. The Hall–Kier alpha value is 2.06. The van der Waals surface area contributed by atoms with E-state index in [0.29, 0.717) is 0 Å². The molecule has 6 heavy (non-hydrogen) atoms. The van der Waals surface area contributed by atoms with Crippen LogP contribution in [0.2, 0.25) is 0 Å². The molecule has 6 heteroatoms. The summed E-state index contributed by atoms with van der Waals surface area (Å²) >= 11 is 0. The maximum absolute atomic E-state index is 8.42. The SMILES string of the molecule is [Cd+2].[La+3].[O-]B([O-])[O-]. The van der Waals surface area contributed by atoms with Crippen LogP contribution < -0.4 is 15.1 Å². The zero-order valence-corrected chi connectivity index (χ0v) is 10.7. The fourth-order valence-corrected chi connectivity index (χ4v) is 0. The van der Waals surface area contributed by atoms with Crippen LogP contribution in [0.15, 0.2) is 0 Å². The molecule has 0 atom stereocenters. The van der Waals surface area contributed by atoms with Crippen molar-refractivity contribution in [1.82, 2.24) is 0 Å². The number of hydrogen-bond donors (Lipinski definition) is 0. The van der Waals surface area contributed by atoms with Gasteiger partial charge in [-0.3, -0.25) is 7.32 Å². The van der Waals surface area contributed by atoms with Gasteiger partial charge in [-0.2, -0.15) is 0 Å². The van der Waals surface area contributed by atoms with Crippen molar-refractivity contribution < 1.29 is 78.0 Å².